The molecule has 4 heteroatoms. The molecule has 0 spiro atoms. The van der Waals surface area contributed by atoms with Crippen LogP contribution in [0.25, 0.3) is 0 Å². The highest BCUT2D eigenvalue weighted by Gasteiger charge is 2.20. The van der Waals surface area contributed by atoms with Gasteiger partial charge in [0.15, 0.2) is 0 Å². The van der Waals surface area contributed by atoms with Crippen molar-refractivity contribution in [3.8, 4) is 0 Å². The van der Waals surface area contributed by atoms with Crippen LogP contribution >= 0.6 is 0 Å². The number of pyridine rings is 1. The Balaban J connectivity index is 1.76. The minimum absolute atomic E-state index is 0.0688. The van der Waals surface area contributed by atoms with Crippen molar-refractivity contribution in [1.82, 2.24) is 15.6 Å². The first-order chi connectivity index (χ1) is 8.79. The van der Waals surface area contributed by atoms with E-state index in [2.05, 4.69) is 22.5 Å². The maximum atomic E-state index is 11.8. The lowest BCUT2D eigenvalue weighted by Gasteiger charge is -2.17. The van der Waals surface area contributed by atoms with Crippen molar-refractivity contribution in [2.24, 2.45) is 5.92 Å². The summed E-state index contributed by atoms with van der Waals surface area (Å²) in [4.78, 5) is 15.8. The molecule has 1 amide bonds. The van der Waals surface area contributed by atoms with Gasteiger partial charge in [0.05, 0.1) is 12.6 Å². The quantitative estimate of drug-likeness (QED) is 0.770. The van der Waals surface area contributed by atoms with Crippen LogP contribution < -0.4 is 10.6 Å². The molecule has 1 fully saturated rings. The summed E-state index contributed by atoms with van der Waals surface area (Å²) in [5, 5.41) is 6.25. The number of nitrogens with one attached hydrogen (secondary N) is 2. The molecule has 2 N–H and O–H groups in total. The first-order valence-corrected chi connectivity index (χ1v) is 6.69. The minimum Gasteiger partial charge on any atom is -0.348 e. The Morgan fingerprint density at radius 2 is 2.17 bits per heavy atom. The summed E-state index contributed by atoms with van der Waals surface area (Å²) in [7, 11) is 0. The maximum Gasteiger partial charge on any atom is 0.234 e. The van der Waals surface area contributed by atoms with Crippen molar-refractivity contribution in [3.05, 3.63) is 30.1 Å². The molecule has 0 aliphatic heterocycles. The highest BCUT2D eigenvalue weighted by atomic mass is 16.1. The van der Waals surface area contributed by atoms with Crippen LogP contribution in [0.5, 0.6) is 0 Å². The zero-order valence-electron chi connectivity index (χ0n) is 10.9. The predicted octanol–water partition coefficient (Wildman–Crippen LogP) is 1.65. The van der Waals surface area contributed by atoms with Crippen molar-refractivity contribution in [3.63, 3.8) is 0 Å². The van der Waals surface area contributed by atoms with Gasteiger partial charge in [0.25, 0.3) is 0 Å². The van der Waals surface area contributed by atoms with E-state index in [0.29, 0.717) is 6.54 Å². The van der Waals surface area contributed by atoms with Crippen LogP contribution in [-0.4, -0.2) is 24.0 Å². The van der Waals surface area contributed by atoms with Gasteiger partial charge in [-0.25, -0.2) is 0 Å². The molecule has 1 aliphatic rings. The average Bonchev–Trinajstić information content (AvgIpc) is 3.21. The number of hydrogen-bond donors (Lipinski definition) is 2. The molecular formula is C14H21N3O. The lowest BCUT2D eigenvalue weighted by Crippen LogP contribution is -2.36. The Bertz CT molecular complexity index is 376. The second-order valence-electron chi connectivity index (χ2n) is 4.88. The standard InChI is InChI=1S/C14H21N3O/c1-2-13(12-5-7-15-8-6-12)17-14(18)10-16-9-11-3-4-11/h5-8,11,13,16H,2-4,9-10H2,1H3,(H,17,18). The first kappa shape index (κ1) is 13.0. The van der Waals surface area contributed by atoms with Gasteiger partial charge in [-0.15, -0.1) is 0 Å². The Hall–Kier alpha value is -1.42. The molecule has 4 nitrogen and oxygen atoms in total. The molecule has 1 heterocycles. The Labute approximate surface area is 108 Å². The third-order valence-electron chi connectivity index (χ3n) is 3.27. The van der Waals surface area contributed by atoms with Gasteiger partial charge >= 0.3 is 0 Å². The predicted molar refractivity (Wildman–Crippen MR) is 71.0 cm³/mol. The van der Waals surface area contributed by atoms with Crippen molar-refractivity contribution in [2.75, 3.05) is 13.1 Å². The molecule has 98 valence electrons. The van der Waals surface area contributed by atoms with E-state index in [9.17, 15) is 4.79 Å². The molecule has 2 rings (SSSR count). The summed E-state index contributed by atoms with van der Waals surface area (Å²) in [6, 6.07) is 3.99. The molecule has 0 saturated heterocycles. The fourth-order valence-electron chi connectivity index (χ4n) is 1.97. The van der Waals surface area contributed by atoms with E-state index in [4.69, 9.17) is 0 Å². The molecule has 1 saturated carbocycles. The molecule has 1 aromatic rings. The van der Waals surface area contributed by atoms with E-state index in [-0.39, 0.29) is 11.9 Å². The van der Waals surface area contributed by atoms with Crippen molar-refractivity contribution >= 4 is 5.91 Å². The Morgan fingerprint density at radius 1 is 1.44 bits per heavy atom. The fourth-order valence-corrected chi connectivity index (χ4v) is 1.97. The minimum atomic E-state index is 0.0688. The van der Waals surface area contributed by atoms with Gasteiger partial charge in [-0.1, -0.05) is 6.92 Å². The number of rotatable bonds is 7. The van der Waals surface area contributed by atoms with Crippen LogP contribution in [0.3, 0.4) is 0 Å². The maximum absolute atomic E-state index is 11.8. The third-order valence-corrected chi connectivity index (χ3v) is 3.27. The molecule has 1 aromatic heterocycles. The number of hydrogen-bond acceptors (Lipinski definition) is 3. The average molecular weight is 247 g/mol. The lowest BCUT2D eigenvalue weighted by molar-refractivity contribution is -0.121. The van der Waals surface area contributed by atoms with E-state index in [0.717, 1.165) is 24.4 Å². The van der Waals surface area contributed by atoms with Gasteiger partial charge in [0.2, 0.25) is 5.91 Å². The van der Waals surface area contributed by atoms with Crippen LogP contribution in [0.4, 0.5) is 0 Å². The van der Waals surface area contributed by atoms with E-state index in [1.165, 1.54) is 12.8 Å². The molecule has 0 bridgehead atoms. The summed E-state index contributed by atoms with van der Waals surface area (Å²) >= 11 is 0. The van der Waals surface area contributed by atoms with Gasteiger partial charge in [-0.05, 0) is 49.4 Å². The third kappa shape index (κ3) is 4.11. The zero-order chi connectivity index (χ0) is 12.8. The van der Waals surface area contributed by atoms with Crippen molar-refractivity contribution < 1.29 is 4.79 Å². The lowest BCUT2D eigenvalue weighted by atomic mass is 10.1. The number of amides is 1. The molecule has 0 aromatic carbocycles. The second-order valence-corrected chi connectivity index (χ2v) is 4.88. The summed E-state index contributed by atoms with van der Waals surface area (Å²) < 4.78 is 0. The molecular weight excluding hydrogens is 226 g/mol. The zero-order valence-corrected chi connectivity index (χ0v) is 10.9. The molecule has 1 unspecified atom stereocenters. The number of nitrogens with zero attached hydrogens (tertiary/aromatic N) is 1. The van der Waals surface area contributed by atoms with Crippen LogP contribution in [0, 0.1) is 5.92 Å². The Kier molecular flexibility index (Phi) is 4.70. The van der Waals surface area contributed by atoms with Gasteiger partial charge in [0, 0.05) is 12.4 Å². The van der Waals surface area contributed by atoms with Crippen molar-refractivity contribution in [2.45, 2.75) is 32.2 Å². The van der Waals surface area contributed by atoms with Crippen molar-refractivity contribution in [1.29, 1.82) is 0 Å². The fraction of sp³-hybridized carbons (Fsp3) is 0.571. The van der Waals surface area contributed by atoms with Crippen LogP contribution in [0.15, 0.2) is 24.5 Å². The highest BCUT2D eigenvalue weighted by molar-refractivity contribution is 5.78. The van der Waals surface area contributed by atoms with Crippen LogP contribution in [-0.2, 0) is 4.79 Å². The second kappa shape index (κ2) is 6.50. The molecule has 18 heavy (non-hydrogen) atoms. The highest BCUT2D eigenvalue weighted by Crippen LogP contribution is 2.27. The molecule has 1 atom stereocenters. The topological polar surface area (TPSA) is 54.0 Å². The monoisotopic (exact) mass is 247 g/mol. The summed E-state index contributed by atoms with van der Waals surface area (Å²) in [5.41, 5.74) is 1.11. The molecule has 0 radical (unpaired) electrons. The number of carbonyl (C=O) groups is 1. The van der Waals surface area contributed by atoms with Gasteiger partial charge in [-0.3, -0.25) is 9.78 Å². The number of carbonyl (C=O) groups excluding carboxylic acids is 1. The first-order valence-electron chi connectivity index (χ1n) is 6.69. The van der Waals surface area contributed by atoms with Crippen LogP contribution in [0.1, 0.15) is 37.8 Å². The van der Waals surface area contributed by atoms with Gasteiger partial charge < -0.3 is 10.6 Å². The summed E-state index contributed by atoms with van der Waals surface area (Å²) in [6.07, 6.45) is 7.02. The largest absolute Gasteiger partial charge is 0.348 e. The van der Waals surface area contributed by atoms with E-state index in [1.807, 2.05) is 12.1 Å². The normalized spacial score (nSPS) is 16.3. The molecule has 1 aliphatic carbocycles. The van der Waals surface area contributed by atoms with E-state index >= 15 is 0 Å². The SMILES string of the molecule is CCC(NC(=O)CNCC1CC1)c1ccncc1. The van der Waals surface area contributed by atoms with E-state index in [1.54, 1.807) is 12.4 Å². The summed E-state index contributed by atoms with van der Waals surface area (Å²) in [5.74, 6) is 0.874. The van der Waals surface area contributed by atoms with Gasteiger partial charge in [-0.2, -0.15) is 0 Å². The summed E-state index contributed by atoms with van der Waals surface area (Å²) in [6.45, 7) is 3.46. The van der Waals surface area contributed by atoms with Crippen LogP contribution in [0.2, 0.25) is 0 Å². The van der Waals surface area contributed by atoms with Gasteiger partial charge in [0.1, 0.15) is 0 Å². The smallest absolute Gasteiger partial charge is 0.234 e. The number of aromatic nitrogens is 1. The van der Waals surface area contributed by atoms with E-state index < -0.39 is 0 Å². The Morgan fingerprint density at radius 3 is 2.78 bits per heavy atom.